The smallest absolute Gasteiger partial charge is 1.00 e. The number of nitriles is 2. The number of ketones is 1. The minimum atomic E-state index is -1.54. The quantitative estimate of drug-likeness (QED) is 0.0290. The molecule has 0 aliphatic heterocycles. The Morgan fingerprint density at radius 1 is 0.973 bits per heavy atom. The number of hydrogen-bond donors (Lipinski definition) is 0. The van der Waals surface area contributed by atoms with Crippen LogP contribution in [-0.4, -0.2) is 40.0 Å². The van der Waals surface area contributed by atoms with E-state index >= 15 is 0 Å². The molecule has 0 aromatic carbocycles. The number of halogens is 6. The molecule has 20 heteroatoms. The van der Waals surface area contributed by atoms with Gasteiger partial charge >= 0.3 is 65.1 Å². The number of esters is 1. The molecule has 0 N–H and O–H groups in total. The number of allylic oxidation sites excluding steroid dienone is 1. The SMILES string of the molecule is COC(=O)C(C#N)C(=O)c1snc(Cl)c1Cl.COO/C=C/C#N.O=C(Cl)c1snc(Cl)c1Cl.[CH3-].[Cl-].[Na+].[Na+]. The van der Waals surface area contributed by atoms with Gasteiger partial charge in [0, 0.05) is 0 Å². The minimum Gasteiger partial charge on any atom is -1.00 e. The number of nitrogens with zero attached hydrogens (tertiary/aromatic N) is 4. The van der Waals surface area contributed by atoms with E-state index in [0.29, 0.717) is 0 Å². The van der Waals surface area contributed by atoms with E-state index in [9.17, 15) is 14.4 Å². The van der Waals surface area contributed by atoms with Crippen LogP contribution in [-0.2, 0) is 19.3 Å². The van der Waals surface area contributed by atoms with Crippen LogP contribution in [0.5, 0.6) is 0 Å². The average Bonchev–Trinajstić information content (AvgIpc) is 3.30. The molecule has 2 aromatic heterocycles. The first-order valence-electron chi connectivity index (χ1n) is 7.64. The molecule has 0 bridgehead atoms. The molecule has 1 unspecified atom stereocenters. The van der Waals surface area contributed by atoms with Gasteiger partial charge in [0.1, 0.15) is 26.1 Å². The minimum absolute atomic E-state index is 0. The molecule has 0 saturated heterocycles. The first kappa shape index (κ1) is 47.1. The van der Waals surface area contributed by atoms with Crippen LogP contribution in [0, 0.1) is 36.0 Å². The zero-order chi connectivity index (χ0) is 25.6. The van der Waals surface area contributed by atoms with Crippen molar-refractivity contribution < 1.29 is 100 Å². The maximum absolute atomic E-state index is 11.7. The van der Waals surface area contributed by atoms with Gasteiger partial charge in [-0.25, -0.2) is 0 Å². The molecular weight excluding hydrogens is 679 g/mol. The molecule has 2 heterocycles. The zero-order valence-electron chi connectivity index (χ0n) is 19.6. The number of rotatable bonds is 6. The molecule has 192 valence electrons. The van der Waals surface area contributed by atoms with Crippen LogP contribution in [0.2, 0.25) is 20.4 Å². The molecule has 0 aliphatic carbocycles. The predicted molar refractivity (Wildman–Crippen MR) is 129 cm³/mol. The fourth-order valence-electron chi connectivity index (χ4n) is 1.38. The summed E-state index contributed by atoms with van der Waals surface area (Å²) >= 11 is 28.9. The van der Waals surface area contributed by atoms with Crippen molar-refractivity contribution in [2.24, 2.45) is 5.92 Å². The summed E-state index contributed by atoms with van der Waals surface area (Å²) in [5, 5.41) is 16.1. The van der Waals surface area contributed by atoms with Crippen LogP contribution in [0.3, 0.4) is 0 Å². The third-order valence-electron chi connectivity index (χ3n) is 2.72. The van der Waals surface area contributed by atoms with Crippen molar-refractivity contribution in [3.63, 3.8) is 0 Å². The van der Waals surface area contributed by atoms with E-state index in [4.69, 9.17) is 68.5 Å². The molecule has 37 heavy (non-hydrogen) atoms. The summed E-state index contributed by atoms with van der Waals surface area (Å²) < 4.78 is 11.6. The number of carbonyl (C=O) groups excluding carboxylic acids is 3. The molecule has 0 spiro atoms. The Labute approximate surface area is 296 Å². The third-order valence-corrected chi connectivity index (χ3v) is 6.63. The summed E-state index contributed by atoms with van der Waals surface area (Å²) in [6.45, 7) is 0. The second-order valence-corrected chi connectivity index (χ2v) is 8.01. The first-order valence-corrected chi connectivity index (χ1v) is 11.1. The summed E-state index contributed by atoms with van der Waals surface area (Å²) in [6.07, 6.45) is 2.32. The van der Waals surface area contributed by atoms with Crippen molar-refractivity contribution in [2.75, 3.05) is 14.2 Å². The number of hydrogen-bond acceptors (Lipinski definition) is 12. The van der Waals surface area contributed by atoms with Gasteiger partial charge in [-0.05, 0) is 34.7 Å². The van der Waals surface area contributed by atoms with Gasteiger partial charge in [0.25, 0.3) is 5.24 Å². The Morgan fingerprint density at radius 3 is 1.70 bits per heavy atom. The van der Waals surface area contributed by atoms with Crippen molar-refractivity contribution in [2.45, 2.75) is 0 Å². The maximum Gasteiger partial charge on any atom is 1.00 e. The van der Waals surface area contributed by atoms with Crippen LogP contribution < -0.4 is 71.5 Å². The molecule has 2 rings (SSSR count). The van der Waals surface area contributed by atoms with E-state index in [1.807, 2.05) is 0 Å². The molecule has 10 nitrogen and oxygen atoms in total. The number of ether oxygens (including phenoxy) is 1. The van der Waals surface area contributed by atoms with Crippen molar-refractivity contribution in [3.8, 4) is 12.1 Å². The average molecular weight is 691 g/mol. The monoisotopic (exact) mass is 688 g/mol. The number of carbonyl (C=O) groups is 3. The second-order valence-electron chi connectivity index (χ2n) is 4.65. The Kier molecular flexibility index (Phi) is 33.7. The summed E-state index contributed by atoms with van der Waals surface area (Å²) in [4.78, 5) is 41.7. The molecule has 0 saturated carbocycles. The molecule has 2 aromatic rings. The van der Waals surface area contributed by atoms with E-state index in [0.717, 1.165) is 36.4 Å². The largest absolute Gasteiger partial charge is 1.00 e. The normalized spacial score (nSPS) is 9.32. The van der Waals surface area contributed by atoms with Crippen LogP contribution >= 0.6 is 81.1 Å². The third kappa shape index (κ3) is 16.9. The van der Waals surface area contributed by atoms with Gasteiger partial charge in [0.2, 0.25) is 11.7 Å². The summed E-state index contributed by atoms with van der Waals surface area (Å²) in [5.41, 5.74) is 0. The van der Waals surface area contributed by atoms with Gasteiger partial charge in [-0.1, -0.05) is 46.4 Å². The number of methoxy groups -OCH3 is 1. The number of Topliss-reactive ketones (excluding diaryl/α,β-unsaturated/α-hetero) is 1. The van der Waals surface area contributed by atoms with Gasteiger partial charge in [-0.15, -0.1) is 0 Å². The second kappa shape index (κ2) is 26.5. The molecule has 1 atom stereocenters. The summed E-state index contributed by atoms with van der Waals surface area (Å²) in [6, 6.07) is 3.26. The van der Waals surface area contributed by atoms with Gasteiger partial charge < -0.3 is 29.5 Å². The predicted octanol–water partition coefficient (Wildman–Crippen LogP) is -3.16. The topological polar surface area (TPSA) is 152 Å². The van der Waals surface area contributed by atoms with Crippen molar-refractivity contribution in [1.29, 1.82) is 10.5 Å². The molecular formula is C17H12Cl6N4Na2O6S2. The first-order chi connectivity index (χ1) is 15.6. The fraction of sp³-hybridized carbons (Fsp3) is 0.176. The van der Waals surface area contributed by atoms with E-state index in [2.05, 4.69) is 23.3 Å². The number of aromatic nitrogens is 2. The van der Waals surface area contributed by atoms with Gasteiger partial charge in [0.15, 0.2) is 10.3 Å². The Morgan fingerprint density at radius 2 is 1.43 bits per heavy atom. The van der Waals surface area contributed by atoms with Crippen molar-refractivity contribution >= 4 is 98.1 Å². The zero-order valence-corrected chi connectivity index (χ0v) is 29.7. The molecule has 0 aliphatic rings. The van der Waals surface area contributed by atoms with Crippen LogP contribution in [0.25, 0.3) is 0 Å². The van der Waals surface area contributed by atoms with Crippen LogP contribution in [0.1, 0.15) is 19.3 Å². The van der Waals surface area contributed by atoms with Crippen molar-refractivity contribution in [1.82, 2.24) is 8.75 Å². The maximum atomic E-state index is 11.7. The Bertz CT molecular complexity index is 1110. The van der Waals surface area contributed by atoms with E-state index < -0.39 is 22.9 Å². The summed E-state index contributed by atoms with van der Waals surface area (Å²) in [7, 11) is 2.45. The fourth-order valence-corrected chi connectivity index (χ4v) is 3.86. The van der Waals surface area contributed by atoms with E-state index in [1.165, 1.54) is 13.2 Å². The summed E-state index contributed by atoms with van der Waals surface area (Å²) in [5.74, 6) is -3.24. The standard InChI is InChI=1S/C8H4Cl2N2O3S.C4Cl3NOS.C4H5NO2.CH3.ClH.2Na/c1-15-8(14)3(2-11)5(13)6-4(9)7(10)12-16-6;5-1-2(4(7)9)10-8-3(1)6;1-6-7-4-2-3-5;;;;/h3H,1H3;;2,4H,1H3;1H3;1H;;/q;;;-1;;2*+1/p-1/b;;4-2+;;;;. The van der Waals surface area contributed by atoms with Crippen LogP contribution in [0.4, 0.5) is 0 Å². The Balaban J connectivity index is -0.000000142. The van der Waals surface area contributed by atoms with Crippen molar-refractivity contribution in [3.05, 3.63) is 49.9 Å². The molecule has 0 fully saturated rings. The molecule has 0 amide bonds. The van der Waals surface area contributed by atoms with Gasteiger partial charge in [-0.3, -0.25) is 14.4 Å². The van der Waals surface area contributed by atoms with Gasteiger partial charge in [0.05, 0.1) is 32.4 Å². The van der Waals surface area contributed by atoms with Crippen LogP contribution in [0.15, 0.2) is 12.3 Å². The molecule has 0 radical (unpaired) electrons. The van der Waals surface area contributed by atoms with Gasteiger partial charge in [-0.2, -0.15) is 24.2 Å². The van der Waals surface area contributed by atoms with E-state index in [-0.39, 0.29) is 109 Å². The van der Waals surface area contributed by atoms with E-state index in [1.54, 1.807) is 12.1 Å². The Hall–Kier alpha value is 0.290.